The lowest BCUT2D eigenvalue weighted by molar-refractivity contribution is 0.0832. The van der Waals surface area contributed by atoms with Crippen LogP contribution in [0.5, 0.6) is 5.75 Å². The molecule has 1 N–H and O–H groups in total. The first-order chi connectivity index (χ1) is 15.6. The summed E-state index contributed by atoms with van der Waals surface area (Å²) in [7, 11) is -3.79. The van der Waals surface area contributed by atoms with Gasteiger partial charge in [0, 0.05) is 24.2 Å². The van der Waals surface area contributed by atoms with Gasteiger partial charge in [0.15, 0.2) is 0 Å². The number of piperidine rings is 1. The number of hydrogen-bond donors (Lipinski definition) is 1. The van der Waals surface area contributed by atoms with E-state index in [1.165, 1.54) is 12.1 Å². The van der Waals surface area contributed by atoms with E-state index in [0.717, 1.165) is 66.7 Å². The van der Waals surface area contributed by atoms with Gasteiger partial charge in [-0.25, -0.2) is 17.5 Å². The number of amides is 1. The van der Waals surface area contributed by atoms with Crippen molar-refractivity contribution in [2.75, 3.05) is 19.3 Å². The summed E-state index contributed by atoms with van der Waals surface area (Å²) >= 11 is 6.27. The first-order valence-electron chi connectivity index (χ1n) is 11.1. The maximum atomic E-state index is 14.8. The lowest BCUT2D eigenvalue weighted by Gasteiger charge is -2.33. The Bertz CT molecular complexity index is 1170. The smallest absolute Gasteiger partial charge is 0.267 e. The molecule has 4 rings (SSSR count). The number of nitrogens with one attached hydrogen (secondary N) is 1. The highest BCUT2D eigenvalue weighted by molar-refractivity contribution is 7.89. The summed E-state index contributed by atoms with van der Waals surface area (Å²) in [6.45, 7) is 4.38. The SMILES string of the molecule is Cc1ccc(CN2CCCC(Oc3cc(F)c(C(=O)NS(C)(=O)=O)cc3C3CC3)C2)cc1Cl. The van der Waals surface area contributed by atoms with Crippen LogP contribution >= 0.6 is 11.6 Å². The normalized spacial score (nSPS) is 19.3. The fourth-order valence-corrected chi connectivity index (χ4v) is 4.86. The van der Waals surface area contributed by atoms with Gasteiger partial charge in [0.25, 0.3) is 5.91 Å². The zero-order chi connectivity index (χ0) is 23.8. The van der Waals surface area contributed by atoms with Gasteiger partial charge in [-0.15, -0.1) is 0 Å². The number of benzene rings is 2. The summed E-state index contributed by atoms with van der Waals surface area (Å²) in [4.78, 5) is 14.6. The highest BCUT2D eigenvalue weighted by atomic mass is 35.5. The van der Waals surface area contributed by atoms with Gasteiger partial charge in [0.1, 0.15) is 17.7 Å². The van der Waals surface area contributed by atoms with Crippen LogP contribution in [0.25, 0.3) is 0 Å². The molecule has 1 unspecified atom stereocenters. The maximum Gasteiger partial charge on any atom is 0.267 e. The molecule has 0 radical (unpaired) electrons. The molecule has 1 heterocycles. The number of carbonyl (C=O) groups is 1. The molecule has 1 amide bonds. The summed E-state index contributed by atoms with van der Waals surface area (Å²) in [6.07, 6.45) is 4.43. The monoisotopic (exact) mass is 494 g/mol. The summed E-state index contributed by atoms with van der Waals surface area (Å²) in [5, 5.41) is 0.752. The van der Waals surface area contributed by atoms with Gasteiger partial charge in [-0.3, -0.25) is 9.69 Å². The Kier molecular flexibility index (Phi) is 6.98. The van der Waals surface area contributed by atoms with Gasteiger partial charge in [-0.1, -0.05) is 23.7 Å². The molecule has 0 spiro atoms. The van der Waals surface area contributed by atoms with Crippen LogP contribution in [0.1, 0.15) is 58.6 Å². The van der Waals surface area contributed by atoms with Crippen molar-refractivity contribution in [3.05, 3.63) is 63.4 Å². The third-order valence-corrected chi connectivity index (χ3v) is 7.00. The molecular weight excluding hydrogens is 467 g/mol. The highest BCUT2D eigenvalue weighted by Crippen LogP contribution is 2.45. The largest absolute Gasteiger partial charge is 0.489 e. The summed E-state index contributed by atoms with van der Waals surface area (Å²) in [5.41, 5.74) is 2.66. The van der Waals surface area contributed by atoms with E-state index in [1.807, 2.05) is 23.8 Å². The van der Waals surface area contributed by atoms with Crippen molar-refractivity contribution in [3.63, 3.8) is 0 Å². The van der Waals surface area contributed by atoms with Crippen LogP contribution in [0, 0.1) is 12.7 Å². The van der Waals surface area contributed by atoms with E-state index in [-0.39, 0.29) is 17.6 Å². The summed E-state index contributed by atoms with van der Waals surface area (Å²) in [6, 6.07) is 8.75. The molecular formula is C24H28ClFN2O4S. The number of nitrogens with zero attached hydrogens (tertiary/aromatic N) is 1. The number of rotatable bonds is 7. The molecule has 0 bridgehead atoms. The van der Waals surface area contributed by atoms with Crippen molar-refractivity contribution >= 4 is 27.5 Å². The third kappa shape index (κ3) is 6.25. The number of halogens is 2. The minimum atomic E-state index is -3.79. The fraction of sp³-hybridized carbons (Fsp3) is 0.458. The zero-order valence-corrected chi connectivity index (χ0v) is 20.3. The van der Waals surface area contributed by atoms with Crippen LogP contribution in [-0.4, -0.2) is 44.7 Å². The Morgan fingerprint density at radius 1 is 1.24 bits per heavy atom. The number of aryl methyl sites for hydroxylation is 1. The van der Waals surface area contributed by atoms with E-state index in [1.54, 1.807) is 0 Å². The molecule has 1 atom stereocenters. The molecule has 2 aromatic rings. The average molecular weight is 495 g/mol. The topological polar surface area (TPSA) is 75.7 Å². The molecule has 1 saturated carbocycles. The van der Waals surface area contributed by atoms with Crippen LogP contribution in [-0.2, 0) is 16.6 Å². The predicted octanol–water partition coefficient (Wildman–Crippen LogP) is 4.40. The third-order valence-electron chi connectivity index (χ3n) is 6.04. The second kappa shape index (κ2) is 9.60. The highest BCUT2D eigenvalue weighted by Gasteiger charge is 2.31. The summed E-state index contributed by atoms with van der Waals surface area (Å²) in [5.74, 6) is -1.13. The van der Waals surface area contributed by atoms with Crippen molar-refractivity contribution in [2.24, 2.45) is 0 Å². The molecule has 2 fully saturated rings. The van der Waals surface area contributed by atoms with Gasteiger partial charge in [0.05, 0.1) is 11.8 Å². The zero-order valence-electron chi connectivity index (χ0n) is 18.7. The van der Waals surface area contributed by atoms with E-state index in [4.69, 9.17) is 16.3 Å². The van der Waals surface area contributed by atoms with Crippen LogP contribution in [0.15, 0.2) is 30.3 Å². The minimum Gasteiger partial charge on any atom is -0.489 e. The lowest BCUT2D eigenvalue weighted by Crippen LogP contribution is -2.40. The molecule has 1 aliphatic heterocycles. The van der Waals surface area contributed by atoms with Crippen LogP contribution < -0.4 is 9.46 Å². The number of sulfonamides is 1. The van der Waals surface area contributed by atoms with Crippen molar-refractivity contribution in [2.45, 2.75) is 51.2 Å². The Balaban J connectivity index is 1.49. The van der Waals surface area contributed by atoms with Gasteiger partial charge in [-0.05, 0) is 73.9 Å². The first kappa shape index (κ1) is 24.0. The Morgan fingerprint density at radius 2 is 2.00 bits per heavy atom. The molecule has 9 heteroatoms. The molecule has 0 aromatic heterocycles. The van der Waals surface area contributed by atoms with Crippen molar-refractivity contribution in [3.8, 4) is 5.75 Å². The lowest BCUT2D eigenvalue weighted by atomic mass is 10.0. The number of likely N-dealkylation sites (tertiary alicyclic amines) is 1. The molecule has 33 heavy (non-hydrogen) atoms. The van der Waals surface area contributed by atoms with Crippen LogP contribution in [0.4, 0.5) is 4.39 Å². The molecule has 2 aliphatic rings. The van der Waals surface area contributed by atoms with E-state index in [0.29, 0.717) is 12.3 Å². The van der Waals surface area contributed by atoms with E-state index in [2.05, 4.69) is 11.0 Å². The fourth-order valence-electron chi connectivity index (χ4n) is 4.21. The van der Waals surface area contributed by atoms with Crippen molar-refractivity contribution in [1.82, 2.24) is 9.62 Å². The quantitative estimate of drug-likeness (QED) is 0.617. The minimum absolute atomic E-state index is 0.104. The number of hydrogen-bond acceptors (Lipinski definition) is 5. The van der Waals surface area contributed by atoms with Gasteiger partial charge >= 0.3 is 0 Å². The Hall–Kier alpha value is -2.16. The van der Waals surface area contributed by atoms with Gasteiger partial charge < -0.3 is 4.74 Å². The number of carbonyl (C=O) groups excluding carboxylic acids is 1. The molecule has 2 aromatic carbocycles. The van der Waals surface area contributed by atoms with E-state index in [9.17, 15) is 17.6 Å². The van der Waals surface area contributed by atoms with E-state index >= 15 is 0 Å². The standard InChI is InChI=1S/C24H28ClFN2O4S/c1-15-5-6-16(10-21(15)25)13-28-9-3-4-18(14-28)32-23-12-22(26)20(11-19(23)17-7-8-17)24(29)27-33(2,30)31/h5-6,10-12,17-18H,3-4,7-9,13-14H2,1-2H3,(H,27,29). The first-order valence-corrected chi connectivity index (χ1v) is 13.4. The molecule has 6 nitrogen and oxygen atoms in total. The Labute approximate surface area is 199 Å². The van der Waals surface area contributed by atoms with Crippen molar-refractivity contribution in [1.29, 1.82) is 0 Å². The predicted molar refractivity (Wildman–Crippen MR) is 126 cm³/mol. The van der Waals surface area contributed by atoms with Crippen LogP contribution in [0.2, 0.25) is 5.02 Å². The number of ether oxygens (including phenoxy) is 1. The van der Waals surface area contributed by atoms with Crippen LogP contribution in [0.3, 0.4) is 0 Å². The molecule has 1 saturated heterocycles. The molecule has 178 valence electrons. The second-order valence-corrected chi connectivity index (χ2v) is 11.2. The van der Waals surface area contributed by atoms with Gasteiger partial charge in [-0.2, -0.15) is 0 Å². The average Bonchev–Trinajstić information content (AvgIpc) is 3.55. The maximum absolute atomic E-state index is 14.8. The summed E-state index contributed by atoms with van der Waals surface area (Å²) < 4.78 is 45.6. The molecule has 1 aliphatic carbocycles. The van der Waals surface area contributed by atoms with E-state index < -0.39 is 21.7 Å². The second-order valence-electron chi connectivity index (χ2n) is 9.05. The Morgan fingerprint density at radius 3 is 2.67 bits per heavy atom. The van der Waals surface area contributed by atoms with Crippen molar-refractivity contribution < 1.29 is 22.3 Å². The van der Waals surface area contributed by atoms with Gasteiger partial charge in [0.2, 0.25) is 10.0 Å².